The number of ketones is 1. The van der Waals surface area contributed by atoms with Crippen LogP contribution in [0.4, 0.5) is 0 Å². The van der Waals surface area contributed by atoms with Crippen molar-refractivity contribution in [2.24, 2.45) is 28.8 Å². The maximum Gasteiger partial charge on any atom is 0.308 e. The number of nitrogens with zero attached hydrogens (tertiary/aromatic N) is 4. The van der Waals surface area contributed by atoms with Crippen LogP contribution in [0.1, 0.15) is 59.6 Å². The number of fused-ring (bicyclic) bond motifs is 3. The third kappa shape index (κ3) is 16.6. The first-order valence-electron chi connectivity index (χ1n) is 24.4. The minimum atomic E-state index is -1.25. The van der Waals surface area contributed by atoms with Crippen molar-refractivity contribution in [2.75, 3.05) is 88.1 Å². The summed E-state index contributed by atoms with van der Waals surface area (Å²) in [6, 6.07) is 5.16. The molecule has 0 radical (unpaired) electrons. The lowest BCUT2D eigenvalue weighted by Gasteiger charge is -2.47. The van der Waals surface area contributed by atoms with Crippen LogP contribution in [0, 0.1) is 23.7 Å². The first-order chi connectivity index (χ1) is 33.0. The Morgan fingerprint density at radius 1 is 0.884 bits per heavy atom. The van der Waals surface area contributed by atoms with Gasteiger partial charge in [0.15, 0.2) is 18.4 Å². The number of aromatic nitrogens is 1. The molecule has 0 amide bonds. The fraction of sp³-hybridized carbons (Fsp3) is 0.760. The van der Waals surface area contributed by atoms with E-state index in [4.69, 9.17) is 47.5 Å². The number of carbonyl (C=O) groups excluding carboxylic acids is 2. The maximum absolute atomic E-state index is 14.1. The average molecular weight is 977 g/mol. The largest absolute Gasteiger partial charge is 0.465 e. The van der Waals surface area contributed by atoms with Gasteiger partial charge in [-0.3, -0.25) is 14.6 Å². The lowest BCUT2D eigenvalue weighted by atomic mass is 9.79. The molecule has 0 spiro atoms. The average Bonchev–Trinajstić information content (AvgIpc) is 3.34. The number of ether oxygens (including phenoxy) is 9. The fourth-order valence-corrected chi connectivity index (χ4v) is 9.40. The van der Waals surface area contributed by atoms with Gasteiger partial charge in [0.05, 0.1) is 69.4 Å². The Kier molecular flexibility index (Phi) is 23.1. The van der Waals surface area contributed by atoms with Crippen molar-refractivity contribution in [3.8, 4) is 0 Å². The first kappa shape index (κ1) is 56.6. The van der Waals surface area contributed by atoms with E-state index in [9.17, 15) is 24.9 Å². The van der Waals surface area contributed by atoms with Crippen LogP contribution in [0.25, 0.3) is 0 Å². The Morgan fingerprint density at radius 3 is 2.33 bits per heavy atom. The predicted molar refractivity (Wildman–Crippen MR) is 254 cm³/mol. The van der Waals surface area contributed by atoms with E-state index in [2.05, 4.69) is 15.0 Å². The van der Waals surface area contributed by atoms with Crippen LogP contribution >= 0.6 is 0 Å². The van der Waals surface area contributed by atoms with Crippen molar-refractivity contribution in [3.63, 3.8) is 0 Å². The predicted octanol–water partition coefficient (Wildman–Crippen LogP) is 2.58. The van der Waals surface area contributed by atoms with Crippen molar-refractivity contribution in [3.05, 3.63) is 53.9 Å². The van der Waals surface area contributed by atoms with Crippen LogP contribution in [0.5, 0.6) is 0 Å². The van der Waals surface area contributed by atoms with E-state index in [1.54, 1.807) is 51.2 Å². The number of hydrogen-bond donors (Lipinski definition) is 3. The molecule has 5 rings (SSSR count). The molecule has 390 valence electrons. The number of carbonyl (C=O) groups is 2. The normalized spacial score (nSPS) is 37.8. The Hall–Kier alpha value is -3.28. The van der Waals surface area contributed by atoms with Crippen molar-refractivity contribution in [2.45, 2.75) is 134 Å². The lowest BCUT2D eigenvalue weighted by Crippen LogP contribution is -2.63. The van der Waals surface area contributed by atoms with Gasteiger partial charge in [-0.15, -0.1) is 0 Å². The van der Waals surface area contributed by atoms with Crippen molar-refractivity contribution >= 4 is 17.5 Å². The summed E-state index contributed by atoms with van der Waals surface area (Å²) >= 11 is 0. The van der Waals surface area contributed by atoms with Gasteiger partial charge in [-0.1, -0.05) is 42.8 Å². The van der Waals surface area contributed by atoms with Gasteiger partial charge in [-0.05, 0) is 78.9 Å². The molecular formula is C50H80N4O15. The molecule has 2 bridgehead atoms. The first-order valence-corrected chi connectivity index (χ1v) is 24.4. The Labute approximate surface area is 408 Å². The Balaban J connectivity index is 1.42. The standard InChI is InChI=1S/C50H80N4O15/c1-30-14-15-39(55)31(2)24-36-17-21-62-28-38(52-66-22-20-54(8)19-16-37-13-11-12-18-51-37)29-63-40(32(3)46(36)69-49-45(59)42(53(6)7)43(57)33(4)67-49)25-41(56)64-26-35(23-30)27-65-50-48(61-10)47(60-9)44(58)34(5)68-50/h11-15,18,23,31-36,40,42-50,57-59H,16-17,19-22,24-29H2,1-10H3/b15-14+,30-23+,52-38+/t31-,32+,33-,34-,35+,36?,40-,42+,43-,44-,45-,46-,47-,48-,49+,50-/m1/s1. The SMILES string of the molecule is CO[C@@H]1[C@H](O)[C@@H](C)O[C@@H](OC[C@H]2/C=C(C)/C=C/C(=O)[C@H](C)CC3CCOC/C(=N\OCCN(C)CCc4ccccn4)CO[C@H](CC(=O)OC2)[C@H](C)[C@H]3O[C@@H]2O[C@H](C)[C@@H](O)[C@H](N(C)C)[C@H]2O)[C@@H]1OC. The quantitative estimate of drug-likeness (QED) is 0.131. The molecule has 3 saturated heterocycles. The minimum Gasteiger partial charge on any atom is -0.465 e. The molecule has 0 aliphatic carbocycles. The van der Waals surface area contributed by atoms with Gasteiger partial charge in [-0.2, -0.15) is 0 Å². The monoisotopic (exact) mass is 977 g/mol. The molecule has 1 unspecified atom stereocenters. The van der Waals surface area contributed by atoms with Crippen LogP contribution in [0.15, 0.2) is 53.4 Å². The molecule has 19 heteroatoms. The van der Waals surface area contributed by atoms with E-state index < -0.39 is 97.3 Å². The molecule has 0 saturated carbocycles. The molecule has 1 aromatic rings. The van der Waals surface area contributed by atoms with Crippen LogP contribution in [-0.2, 0) is 63.5 Å². The third-order valence-electron chi connectivity index (χ3n) is 13.6. The zero-order chi connectivity index (χ0) is 50.2. The number of esters is 1. The topological polar surface area (TPSA) is 219 Å². The Bertz CT molecular complexity index is 1810. The van der Waals surface area contributed by atoms with E-state index in [-0.39, 0.29) is 51.2 Å². The fourth-order valence-electron chi connectivity index (χ4n) is 9.40. The summed E-state index contributed by atoms with van der Waals surface area (Å²) in [5, 5.41) is 37.9. The number of hydrogen-bond acceptors (Lipinski definition) is 19. The number of methoxy groups -OCH3 is 2. The summed E-state index contributed by atoms with van der Waals surface area (Å²) in [5.74, 6) is -2.53. The highest BCUT2D eigenvalue weighted by Crippen LogP contribution is 2.36. The molecular weight excluding hydrogens is 897 g/mol. The zero-order valence-electron chi connectivity index (χ0n) is 42.3. The minimum absolute atomic E-state index is 0.0329. The summed E-state index contributed by atoms with van der Waals surface area (Å²) in [7, 11) is 8.52. The molecule has 1 aromatic heterocycles. The summed E-state index contributed by atoms with van der Waals surface area (Å²) in [4.78, 5) is 42.2. The van der Waals surface area contributed by atoms with E-state index in [1.165, 1.54) is 14.2 Å². The second kappa shape index (κ2) is 28.1. The highest BCUT2D eigenvalue weighted by atomic mass is 16.7. The molecule has 69 heavy (non-hydrogen) atoms. The smallest absolute Gasteiger partial charge is 0.308 e. The van der Waals surface area contributed by atoms with Crippen molar-refractivity contribution in [1.29, 1.82) is 0 Å². The molecule has 0 aromatic carbocycles. The van der Waals surface area contributed by atoms with Crippen LogP contribution in [-0.4, -0.2) is 209 Å². The molecule has 19 nitrogen and oxygen atoms in total. The number of aliphatic hydroxyl groups is 3. The van der Waals surface area contributed by atoms with E-state index in [0.29, 0.717) is 31.7 Å². The van der Waals surface area contributed by atoms with Gasteiger partial charge < -0.3 is 72.6 Å². The molecule has 16 atom stereocenters. The lowest BCUT2D eigenvalue weighted by molar-refractivity contribution is -0.305. The number of pyridine rings is 1. The van der Waals surface area contributed by atoms with Gasteiger partial charge in [-0.25, -0.2) is 0 Å². The van der Waals surface area contributed by atoms with Crippen molar-refractivity contribution < 1.29 is 72.4 Å². The number of allylic oxidation sites excluding steroid dienone is 3. The molecule has 4 aliphatic heterocycles. The van der Waals surface area contributed by atoms with Gasteiger partial charge >= 0.3 is 5.97 Å². The van der Waals surface area contributed by atoms with Gasteiger partial charge in [0.2, 0.25) is 0 Å². The molecule has 3 N–H and O–H groups in total. The summed E-state index contributed by atoms with van der Waals surface area (Å²) in [6.45, 7) is 11.1. The molecule has 5 heterocycles. The molecule has 4 aliphatic rings. The van der Waals surface area contributed by atoms with E-state index in [0.717, 1.165) is 24.2 Å². The van der Waals surface area contributed by atoms with Crippen LogP contribution < -0.4 is 0 Å². The second-order valence-electron chi connectivity index (χ2n) is 19.3. The number of cyclic esters (lactones) is 1. The zero-order valence-corrected chi connectivity index (χ0v) is 42.3. The molecule has 3 fully saturated rings. The van der Waals surface area contributed by atoms with Gasteiger partial charge in [0, 0.05) is 70.0 Å². The Morgan fingerprint density at radius 2 is 1.62 bits per heavy atom. The van der Waals surface area contributed by atoms with Crippen LogP contribution in [0.2, 0.25) is 0 Å². The number of aliphatic hydroxyl groups excluding tert-OH is 3. The third-order valence-corrected chi connectivity index (χ3v) is 13.6. The summed E-state index contributed by atoms with van der Waals surface area (Å²) < 4.78 is 55.4. The van der Waals surface area contributed by atoms with Gasteiger partial charge in [0.25, 0.3) is 0 Å². The summed E-state index contributed by atoms with van der Waals surface area (Å²) in [5.41, 5.74) is 2.23. The van der Waals surface area contributed by atoms with Gasteiger partial charge in [0.1, 0.15) is 36.7 Å². The van der Waals surface area contributed by atoms with E-state index >= 15 is 0 Å². The number of rotatable bonds is 15. The van der Waals surface area contributed by atoms with Crippen LogP contribution in [0.3, 0.4) is 0 Å². The second-order valence-corrected chi connectivity index (χ2v) is 19.3. The highest BCUT2D eigenvalue weighted by Gasteiger charge is 2.48. The maximum atomic E-state index is 14.1. The number of likely N-dealkylation sites (N-methyl/N-ethyl adjacent to an activating group) is 2. The highest BCUT2D eigenvalue weighted by molar-refractivity contribution is 5.91. The van der Waals surface area contributed by atoms with E-state index in [1.807, 2.05) is 52.1 Å². The van der Waals surface area contributed by atoms with Crippen molar-refractivity contribution in [1.82, 2.24) is 14.8 Å². The number of oxime groups is 1. The summed E-state index contributed by atoms with van der Waals surface area (Å²) in [6.07, 6.45) is -1.22.